The van der Waals surface area contributed by atoms with Crippen molar-refractivity contribution in [2.24, 2.45) is 0 Å². The number of fused-ring (bicyclic) bond motifs is 1. The SMILES string of the molecule is Cc1cc(NC(=O)CSCC(=O)OCC(=O)N2c3ccccc3C[C@@H]2C)no1. The Morgan fingerprint density at radius 3 is 2.86 bits per heavy atom. The van der Waals surface area contributed by atoms with Crippen molar-refractivity contribution >= 4 is 41.1 Å². The first kappa shape index (κ1) is 19.9. The Morgan fingerprint density at radius 1 is 1.32 bits per heavy atom. The molecule has 1 atom stereocenters. The molecule has 8 nitrogen and oxygen atoms in total. The largest absolute Gasteiger partial charge is 0.455 e. The van der Waals surface area contributed by atoms with Crippen molar-refractivity contribution in [3.8, 4) is 0 Å². The molecule has 2 aromatic rings. The van der Waals surface area contributed by atoms with Gasteiger partial charge in [0.2, 0.25) is 5.91 Å². The molecule has 3 rings (SSSR count). The fourth-order valence-corrected chi connectivity index (χ4v) is 3.64. The van der Waals surface area contributed by atoms with Crippen LogP contribution in [0.2, 0.25) is 0 Å². The minimum atomic E-state index is -0.538. The highest BCUT2D eigenvalue weighted by molar-refractivity contribution is 8.00. The third-order valence-corrected chi connectivity index (χ3v) is 5.09. The van der Waals surface area contributed by atoms with Crippen molar-refractivity contribution in [3.05, 3.63) is 41.7 Å². The molecule has 1 N–H and O–H groups in total. The van der Waals surface area contributed by atoms with Gasteiger partial charge in [-0.2, -0.15) is 0 Å². The Morgan fingerprint density at radius 2 is 2.11 bits per heavy atom. The Balaban J connectivity index is 1.38. The molecule has 1 aliphatic heterocycles. The normalized spacial score (nSPS) is 15.2. The van der Waals surface area contributed by atoms with Gasteiger partial charge in [0, 0.05) is 17.8 Å². The summed E-state index contributed by atoms with van der Waals surface area (Å²) in [7, 11) is 0. The lowest BCUT2D eigenvalue weighted by Gasteiger charge is -2.22. The highest BCUT2D eigenvalue weighted by Gasteiger charge is 2.30. The number of rotatable bonds is 7. The smallest absolute Gasteiger partial charge is 0.316 e. The summed E-state index contributed by atoms with van der Waals surface area (Å²) in [4.78, 5) is 37.8. The topological polar surface area (TPSA) is 102 Å². The second-order valence-corrected chi connectivity index (χ2v) is 7.46. The minimum absolute atomic E-state index is 0.0231. The van der Waals surface area contributed by atoms with E-state index >= 15 is 0 Å². The average Bonchev–Trinajstić information content (AvgIpc) is 3.21. The van der Waals surface area contributed by atoms with Crippen LogP contribution in [0.15, 0.2) is 34.9 Å². The molecule has 0 aliphatic carbocycles. The Bertz CT molecular complexity index is 882. The zero-order valence-corrected chi connectivity index (χ0v) is 16.5. The van der Waals surface area contributed by atoms with Crippen LogP contribution in [-0.4, -0.2) is 47.1 Å². The molecule has 148 valence electrons. The number of thioether (sulfide) groups is 1. The van der Waals surface area contributed by atoms with E-state index in [2.05, 4.69) is 10.5 Å². The summed E-state index contributed by atoms with van der Waals surface area (Å²) in [5, 5.41) is 6.22. The van der Waals surface area contributed by atoms with Crippen molar-refractivity contribution in [2.75, 3.05) is 28.3 Å². The van der Waals surface area contributed by atoms with Gasteiger partial charge in [0.15, 0.2) is 12.4 Å². The number of benzene rings is 1. The first-order valence-electron chi connectivity index (χ1n) is 8.80. The van der Waals surface area contributed by atoms with Crippen LogP contribution in [0.25, 0.3) is 0 Å². The number of aromatic nitrogens is 1. The molecule has 0 saturated carbocycles. The highest BCUT2D eigenvalue weighted by Crippen LogP contribution is 2.31. The third kappa shape index (κ3) is 4.92. The molecule has 1 aromatic carbocycles. The maximum atomic E-state index is 12.5. The molecule has 0 radical (unpaired) electrons. The van der Waals surface area contributed by atoms with Crippen LogP contribution in [0.4, 0.5) is 11.5 Å². The standard InChI is InChI=1S/C19H21N3O5S/c1-12-7-14-5-3-4-6-15(14)22(12)18(24)9-26-19(25)11-28-10-17(23)20-16-8-13(2)27-21-16/h3-6,8,12H,7,9-11H2,1-2H3,(H,20,21,23)/t12-/m0/s1. The number of esters is 1. The third-order valence-electron chi connectivity index (χ3n) is 4.18. The van der Waals surface area contributed by atoms with E-state index in [-0.39, 0.29) is 36.0 Å². The summed E-state index contributed by atoms with van der Waals surface area (Å²) in [6.07, 6.45) is 0.784. The van der Waals surface area contributed by atoms with Crippen LogP contribution in [-0.2, 0) is 25.5 Å². The van der Waals surface area contributed by atoms with Gasteiger partial charge in [-0.15, -0.1) is 11.8 Å². The first-order valence-corrected chi connectivity index (χ1v) is 9.96. The number of carbonyl (C=O) groups is 3. The molecule has 9 heteroatoms. The summed E-state index contributed by atoms with van der Waals surface area (Å²) >= 11 is 1.10. The maximum Gasteiger partial charge on any atom is 0.316 e. The van der Waals surface area contributed by atoms with E-state index in [0.717, 1.165) is 29.4 Å². The Hall–Kier alpha value is -2.81. The second-order valence-electron chi connectivity index (χ2n) is 6.47. The van der Waals surface area contributed by atoms with Crippen LogP contribution in [0.5, 0.6) is 0 Å². The number of ether oxygens (including phenoxy) is 1. The number of nitrogens with one attached hydrogen (secondary N) is 1. The molecule has 2 heterocycles. The van der Waals surface area contributed by atoms with Crippen LogP contribution in [0.1, 0.15) is 18.2 Å². The summed E-state index contributed by atoms with van der Waals surface area (Å²) in [6.45, 7) is 3.36. The average molecular weight is 403 g/mol. The van der Waals surface area contributed by atoms with Gasteiger partial charge < -0.3 is 19.5 Å². The van der Waals surface area contributed by atoms with Crippen molar-refractivity contribution < 1.29 is 23.6 Å². The number of aryl methyl sites for hydroxylation is 1. The van der Waals surface area contributed by atoms with Gasteiger partial charge in [0.25, 0.3) is 5.91 Å². The van der Waals surface area contributed by atoms with Gasteiger partial charge in [0.1, 0.15) is 5.76 Å². The van der Waals surface area contributed by atoms with Gasteiger partial charge in [-0.25, -0.2) is 0 Å². The molecule has 0 bridgehead atoms. The van der Waals surface area contributed by atoms with Crippen LogP contribution >= 0.6 is 11.8 Å². The predicted molar refractivity (Wildman–Crippen MR) is 105 cm³/mol. The van der Waals surface area contributed by atoms with Gasteiger partial charge in [-0.05, 0) is 31.9 Å². The van der Waals surface area contributed by atoms with Crippen LogP contribution < -0.4 is 10.2 Å². The van der Waals surface area contributed by atoms with Crippen LogP contribution in [0, 0.1) is 6.92 Å². The fraction of sp³-hybridized carbons (Fsp3) is 0.368. The van der Waals surface area contributed by atoms with E-state index in [1.54, 1.807) is 17.9 Å². The van der Waals surface area contributed by atoms with E-state index < -0.39 is 5.97 Å². The molecule has 28 heavy (non-hydrogen) atoms. The van der Waals surface area contributed by atoms with E-state index in [4.69, 9.17) is 9.26 Å². The predicted octanol–water partition coefficient (Wildman–Crippen LogP) is 2.18. The Kier molecular flexibility index (Phi) is 6.35. The summed E-state index contributed by atoms with van der Waals surface area (Å²) in [6, 6.07) is 9.33. The van der Waals surface area contributed by atoms with Crippen LogP contribution in [0.3, 0.4) is 0 Å². The summed E-state index contributed by atoms with van der Waals surface area (Å²) in [5.41, 5.74) is 1.98. The van der Waals surface area contributed by atoms with Crippen molar-refractivity contribution in [1.82, 2.24) is 5.16 Å². The Labute approximate surface area is 166 Å². The highest BCUT2D eigenvalue weighted by atomic mass is 32.2. The van der Waals surface area contributed by atoms with Crippen molar-refractivity contribution in [3.63, 3.8) is 0 Å². The second kappa shape index (κ2) is 8.92. The summed E-state index contributed by atoms with van der Waals surface area (Å²) in [5.74, 6) is -0.137. The number of para-hydroxylation sites is 1. The van der Waals surface area contributed by atoms with Gasteiger partial charge >= 0.3 is 5.97 Å². The molecule has 1 aliphatic rings. The van der Waals surface area contributed by atoms with Gasteiger partial charge in [-0.3, -0.25) is 14.4 Å². The number of hydrogen-bond acceptors (Lipinski definition) is 7. The molecule has 0 saturated heterocycles. The lowest BCUT2D eigenvalue weighted by atomic mass is 10.1. The number of hydrogen-bond donors (Lipinski definition) is 1. The zero-order chi connectivity index (χ0) is 20.1. The van der Waals surface area contributed by atoms with Gasteiger partial charge in [-0.1, -0.05) is 23.4 Å². The molecular formula is C19H21N3O5S. The molecule has 0 unspecified atom stereocenters. The maximum absolute atomic E-state index is 12.5. The lowest BCUT2D eigenvalue weighted by molar-refractivity contribution is -0.145. The van der Waals surface area contributed by atoms with E-state index in [0.29, 0.717) is 11.6 Å². The zero-order valence-electron chi connectivity index (χ0n) is 15.6. The number of anilines is 2. The molecule has 0 fully saturated rings. The van der Waals surface area contributed by atoms with Crippen molar-refractivity contribution in [1.29, 1.82) is 0 Å². The molecule has 2 amide bonds. The molecular weight excluding hydrogens is 382 g/mol. The fourth-order valence-electron chi connectivity index (χ4n) is 3.03. The first-order chi connectivity index (χ1) is 13.4. The van der Waals surface area contributed by atoms with Crippen molar-refractivity contribution in [2.45, 2.75) is 26.3 Å². The van der Waals surface area contributed by atoms with E-state index in [1.165, 1.54) is 0 Å². The quantitative estimate of drug-likeness (QED) is 0.707. The minimum Gasteiger partial charge on any atom is -0.455 e. The number of nitrogens with zero attached hydrogens (tertiary/aromatic N) is 2. The monoisotopic (exact) mass is 403 g/mol. The number of amides is 2. The molecule has 1 aromatic heterocycles. The summed E-state index contributed by atoms with van der Waals surface area (Å²) < 4.78 is 9.93. The lowest BCUT2D eigenvalue weighted by Crippen LogP contribution is -2.38. The van der Waals surface area contributed by atoms with E-state index in [9.17, 15) is 14.4 Å². The van der Waals surface area contributed by atoms with E-state index in [1.807, 2.05) is 31.2 Å². The molecule has 0 spiro atoms. The number of carbonyl (C=O) groups excluding carboxylic acids is 3. The van der Waals surface area contributed by atoms with Gasteiger partial charge in [0.05, 0.1) is 11.5 Å².